The van der Waals surface area contributed by atoms with Gasteiger partial charge in [0.1, 0.15) is 17.2 Å². The second-order valence-corrected chi connectivity index (χ2v) is 8.25. The molecule has 0 aliphatic rings. The molecule has 3 nitrogen and oxygen atoms in total. The van der Waals surface area contributed by atoms with E-state index in [2.05, 4.69) is 12.1 Å². The summed E-state index contributed by atoms with van der Waals surface area (Å²) in [5.41, 5.74) is 3.74. The van der Waals surface area contributed by atoms with Crippen LogP contribution in [0.2, 0.25) is 0 Å². The molecule has 0 atom stereocenters. The minimum Gasteiger partial charge on any atom is -0.508 e. The molecule has 3 heteroatoms. The molecule has 6 aromatic rings. The van der Waals surface area contributed by atoms with Crippen LogP contribution in [0.3, 0.4) is 0 Å². The van der Waals surface area contributed by atoms with Gasteiger partial charge in [-0.05, 0) is 68.1 Å². The highest BCUT2D eigenvalue weighted by atomic mass is 16.3. The van der Waals surface area contributed by atoms with E-state index in [1.807, 2.05) is 66.7 Å². The molecule has 6 aromatic carbocycles. The Morgan fingerprint density at radius 3 is 1.79 bits per heavy atom. The highest BCUT2D eigenvalue weighted by Crippen LogP contribution is 2.44. The lowest BCUT2D eigenvalue weighted by molar-refractivity contribution is 0.476. The molecule has 0 aliphatic carbocycles. The maximum absolute atomic E-state index is 11.0. The molecule has 0 fully saturated rings. The first-order chi connectivity index (χ1) is 16.1. The van der Waals surface area contributed by atoms with Gasteiger partial charge in [0.2, 0.25) is 0 Å². The Morgan fingerprint density at radius 2 is 0.970 bits per heavy atom. The zero-order valence-electron chi connectivity index (χ0n) is 17.7. The normalized spacial score (nSPS) is 11.4. The summed E-state index contributed by atoms with van der Waals surface area (Å²) in [7, 11) is 0. The predicted molar refractivity (Wildman–Crippen MR) is 135 cm³/mol. The molecule has 0 saturated carbocycles. The third kappa shape index (κ3) is 2.98. The molecule has 3 N–H and O–H groups in total. The standard InChI is InChI=1S/C30H20O3/c31-20-13-14-21-19(17-20)7-2-8-22(21)23-15-16-26(30-24(23)10-4-12-28(30)33)25-9-1-5-18-6-3-11-27(32)29(18)25/h1-17,31-33H. The van der Waals surface area contributed by atoms with E-state index in [9.17, 15) is 15.3 Å². The van der Waals surface area contributed by atoms with Crippen molar-refractivity contribution in [1.29, 1.82) is 0 Å². The van der Waals surface area contributed by atoms with E-state index in [1.165, 1.54) is 0 Å². The van der Waals surface area contributed by atoms with Gasteiger partial charge in [-0.2, -0.15) is 0 Å². The smallest absolute Gasteiger partial charge is 0.124 e. The molecule has 0 amide bonds. The van der Waals surface area contributed by atoms with Gasteiger partial charge in [0, 0.05) is 10.8 Å². The van der Waals surface area contributed by atoms with Gasteiger partial charge in [0.25, 0.3) is 0 Å². The first-order valence-corrected chi connectivity index (χ1v) is 10.8. The van der Waals surface area contributed by atoms with Gasteiger partial charge >= 0.3 is 0 Å². The van der Waals surface area contributed by atoms with E-state index in [0.717, 1.165) is 54.6 Å². The maximum atomic E-state index is 11.0. The van der Waals surface area contributed by atoms with Crippen LogP contribution >= 0.6 is 0 Å². The average Bonchev–Trinajstić information content (AvgIpc) is 2.83. The second kappa shape index (κ2) is 7.28. The summed E-state index contributed by atoms with van der Waals surface area (Å²) < 4.78 is 0. The van der Waals surface area contributed by atoms with E-state index in [1.54, 1.807) is 24.3 Å². The molecule has 0 heterocycles. The first kappa shape index (κ1) is 19.2. The SMILES string of the molecule is Oc1ccc2c(-c3ccc(-c4cccc5cccc(O)c45)c4c(O)cccc34)cccc2c1. The van der Waals surface area contributed by atoms with E-state index in [4.69, 9.17) is 0 Å². The van der Waals surface area contributed by atoms with E-state index in [0.29, 0.717) is 0 Å². The van der Waals surface area contributed by atoms with E-state index < -0.39 is 0 Å². The summed E-state index contributed by atoms with van der Waals surface area (Å²) in [6, 6.07) is 32.4. The fraction of sp³-hybridized carbons (Fsp3) is 0. The Morgan fingerprint density at radius 1 is 0.394 bits per heavy atom. The van der Waals surface area contributed by atoms with Crippen molar-refractivity contribution in [2.24, 2.45) is 0 Å². The lowest BCUT2D eigenvalue weighted by Gasteiger charge is -2.16. The highest BCUT2D eigenvalue weighted by Gasteiger charge is 2.16. The van der Waals surface area contributed by atoms with E-state index in [-0.39, 0.29) is 17.2 Å². The molecule has 158 valence electrons. The Bertz CT molecular complexity index is 1690. The quantitative estimate of drug-likeness (QED) is 0.266. The Kier molecular flexibility index (Phi) is 4.24. The molecule has 0 unspecified atom stereocenters. The van der Waals surface area contributed by atoms with Gasteiger partial charge in [-0.15, -0.1) is 0 Å². The number of hydrogen-bond donors (Lipinski definition) is 3. The number of aromatic hydroxyl groups is 3. The second-order valence-electron chi connectivity index (χ2n) is 8.25. The third-order valence-corrected chi connectivity index (χ3v) is 6.35. The number of benzene rings is 6. The van der Waals surface area contributed by atoms with Crippen LogP contribution < -0.4 is 0 Å². The van der Waals surface area contributed by atoms with Crippen LogP contribution in [0.1, 0.15) is 0 Å². The lowest BCUT2D eigenvalue weighted by atomic mass is 9.88. The van der Waals surface area contributed by atoms with Crippen molar-refractivity contribution in [2.75, 3.05) is 0 Å². The summed E-state index contributed by atoms with van der Waals surface area (Å²) in [5, 5.41) is 36.9. The van der Waals surface area contributed by atoms with Crippen LogP contribution in [-0.4, -0.2) is 15.3 Å². The van der Waals surface area contributed by atoms with Crippen LogP contribution in [0.5, 0.6) is 17.2 Å². The maximum Gasteiger partial charge on any atom is 0.124 e. The molecule has 0 aliphatic heterocycles. The van der Waals surface area contributed by atoms with Gasteiger partial charge in [0.15, 0.2) is 0 Å². The fourth-order valence-electron chi connectivity index (χ4n) is 4.90. The molecule has 0 radical (unpaired) electrons. The minimum absolute atomic E-state index is 0.189. The summed E-state index contributed by atoms with van der Waals surface area (Å²) in [6.45, 7) is 0. The average molecular weight is 428 g/mol. The summed E-state index contributed by atoms with van der Waals surface area (Å²) >= 11 is 0. The molecule has 0 bridgehead atoms. The van der Waals surface area contributed by atoms with Crippen molar-refractivity contribution >= 4 is 32.3 Å². The Hall–Kier alpha value is -4.50. The van der Waals surface area contributed by atoms with Gasteiger partial charge in [0.05, 0.1) is 0 Å². The molecule has 33 heavy (non-hydrogen) atoms. The van der Waals surface area contributed by atoms with Crippen LogP contribution in [0.15, 0.2) is 103 Å². The topological polar surface area (TPSA) is 60.7 Å². The number of hydrogen-bond acceptors (Lipinski definition) is 3. The fourth-order valence-corrected chi connectivity index (χ4v) is 4.90. The molecule has 0 aromatic heterocycles. The Labute approximate surface area is 190 Å². The van der Waals surface area contributed by atoms with E-state index >= 15 is 0 Å². The molecule has 6 rings (SSSR count). The predicted octanol–water partition coefficient (Wildman–Crippen LogP) is 7.60. The van der Waals surface area contributed by atoms with Gasteiger partial charge in [-0.1, -0.05) is 78.9 Å². The largest absolute Gasteiger partial charge is 0.508 e. The number of phenolic OH excluding ortho intramolecular Hbond substituents is 3. The van der Waals surface area contributed by atoms with Gasteiger partial charge in [-0.25, -0.2) is 0 Å². The van der Waals surface area contributed by atoms with Crippen molar-refractivity contribution < 1.29 is 15.3 Å². The summed E-state index contributed by atoms with van der Waals surface area (Å²) in [6.07, 6.45) is 0. The zero-order chi connectivity index (χ0) is 22.5. The molecule has 0 spiro atoms. The number of rotatable bonds is 2. The van der Waals surface area contributed by atoms with Crippen molar-refractivity contribution in [3.8, 4) is 39.5 Å². The zero-order valence-corrected chi connectivity index (χ0v) is 17.7. The van der Waals surface area contributed by atoms with Crippen molar-refractivity contribution in [2.45, 2.75) is 0 Å². The molecular formula is C30H20O3. The molecular weight excluding hydrogens is 408 g/mol. The number of fused-ring (bicyclic) bond motifs is 3. The summed E-state index contributed by atoms with van der Waals surface area (Å²) in [4.78, 5) is 0. The van der Waals surface area contributed by atoms with Crippen LogP contribution in [-0.2, 0) is 0 Å². The highest BCUT2D eigenvalue weighted by molar-refractivity contribution is 6.14. The molecule has 0 saturated heterocycles. The van der Waals surface area contributed by atoms with Crippen molar-refractivity contribution in [3.63, 3.8) is 0 Å². The van der Waals surface area contributed by atoms with Gasteiger partial charge in [-0.3, -0.25) is 0 Å². The third-order valence-electron chi connectivity index (χ3n) is 6.35. The van der Waals surface area contributed by atoms with Crippen LogP contribution in [0.4, 0.5) is 0 Å². The Balaban J connectivity index is 1.70. The minimum atomic E-state index is 0.189. The lowest BCUT2D eigenvalue weighted by Crippen LogP contribution is -1.89. The van der Waals surface area contributed by atoms with Crippen LogP contribution in [0, 0.1) is 0 Å². The van der Waals surface area contributed by atoms with Crippen molar-refractivity contribution in [1.82, 2.24) is 0 Å². The van der Waals surface area contributed by atoms with Crippen LogP contribution in [0.25, 0.3) is 54.6 Å². The first-order valence-electron chi connectivity index (χ1n) is 10.8. The van der Waals surface area contributed by atoms with Crippen molar-refractivity contribution in [3.05, 3.63) is 103 Å². The van der Waals surface area contributed by atoms with Gasteiger partial charge < -0.3 is 15.3 Å². The number of phenols is 3. The monoisotopic (exact) mass is 428 g/mol. The summed E-state index contributed by atoms with van der Waals surface area (Å²) in [5.74, 6) is 0.632.